The maximum atomic E-state index is 13.3. The molecule has 1 N–H and O–H groups in total. The monoisotopic (exact) mass is 485 g/mol. The Morgan fingerprint density at radius 2 is 2.15 bits per heavy atom. The number of amides is 1. The lowest BCUT2D eigenvalue weighted by Crippen LogP contribution is -2.43. The summed E-state index contributed by atoms with van der Waals surface area (Å²) < 4.78 is 3.31. The van der Waals surface area contributed by atoms with Crippen molar-refractivity contribution in [3.8, 4) is 5.69 Å². The fraction of sp³-hybridized carbons (Fsp3) is 0.500. The molecule has 7 nitrogen and oxygen atoms in total. The fourth-order valence-electron chi connectivity index (χ4n) is 5.53. The first kappa shape index (κ1) is 22.5. The number of rotatable bonds is 4. The molecule has 9 heteroatoms. The molecule has 0 radical (unpaired) electrons. The summed E-state index contributed by atoms with van der Waals surface area (Å²) in [6, 6.07) is 7.27. The topological polar surface area (TPSA) is 81.8 Å². The summed E-state index contributed by atoms with van der Waals surface area (Å²) >= 11 is 7.64. The molecule has 2 aromatic heterocycles. The Hall–Kier alpha value is -2.32. The highest BCUT2D eigenvalue weighted by atomic mass is 35.5. The Kier molecular flexibility index (Phi) is 5.77. The average Bonchev–Trinajstić information content (AvgIpc) is 3.31. The Balaban J connectivity index is 1.38. The van der Waals surface area contributed by atoms with E-state index in [2.05, 4.69) is 31.2 Å². The highest BCUT2D eigenvalue weighted by molar-refractivity contribution is 7.99. The minimum absolute atomic E-state index is 0.00460. The molecule has 1 amide bonds. The van der Waals surface area contributed by atoms with E-state index in [1.165, 1.54) is 18.2 Å². The Bertz CT molecular complexity index is 1280. The molecule has 1 aromatic carbocycles. The number of carbonyl (C=O) groups excluding carboxylic acids is 1. The van der Waals surface area contributed by atoms with E-state index in [9.17, 15) is 9.59 Å². The molecule has 1 saturated carbocycles. The van der Waals surface area contributed by atoms with Crippen LogP contribution < -0.4 is 10.9 Å². The average molecular weight is 486 g/mol. The quantitative estimate of drug-likeness (QED) is 0.546. The number of nitrogens with one attached hydrogen (secondary N) is 1. The molecule has 3 heterocycles. The van der Waals surface area contributed by atoms with E-state index in [4.69, 9.17) is 16.6 Å². The molecule has 0 bridgehead atoms. The van der Waals surface area contributed by atoms with Gasteiger partial charge in [-0.15, -0.1) is 0 Å². The van der Waals surface area contributed by atoms with Crippen LogP contribution in [0.4, 0.5) is 0 Å². The number of fused-ring (bicyclic) bond motifs is 2. The number of carbonyl (C=O) groups is 1. The minimum Gasteiger partial charge on any atom is -0.353 e. The summed E-state index contributed by atoms with van der Waals surface area (Å²) in [5.41, 5.74) is 1.34. The molecule has 1 aliphatic heterocycles. The molecule has 0 spiro atoms. The van der Waals surface area contributed by atoms with Crippen LogP contribution in [-0.4, -0.2) is 37.0 Å². The summed E-state index contributed by atoms with van der Waals surface area (Å²) in [5.74, 6) is 1.25. The summed E-state index contributed by atoms with van der Waals surface area (Å²) in [7, 11) is 0. The normalized spacial score (nSPS) is 24.1. The third-order valence-corrected chi connectivity index (χ3v) is 7.93. The van der Waals surface area contributed by atoms with Crippen molar-refractivity contribution in [1.29, 1.82) is 0 Å². The molecule has 33 heavy (non-hydrogen) atoms. The second kappa shape index (κ2) is 8.47. The van der Waals surface area contributed by atoms with Crippen LogP contribution >= 0.6 is 23.4 Å². The van der Waals surface area contributed by atoms with Crippen molar-refractivity contribution in [3.63, 3.8) is 0 Å². The van der Waals surface area contributed by atoms with Crippen LogP contribution in [0, 0.1) is 11.3 Å². The van der Waals surface area contributed by atoms with Crippen molar-refractivity contribution < 1.29 is 4.79 Å². The van der Waals surface area contributed by atoms with Gasteiger partial charge in [-0.05, 0) is 48.8 Å². The van der Waals surface area contributed by atoms with Crippen molar-refractivity contribution in [2.24, 2.45) is 11.3 Å². The molecule has 2 aliphatic rings. The Labute approximate surface area is 201 Å². The van der Waals surface area contributed by atoms with Gasteiger partial charge in [0.25, 0.3) is 5.56 Å². The van der Waals surface area contributed by atoms with Crippen LogP contribution in [0.1, 0.15) is 52.5 Å². The molecule has 1 aliphatic carbocycles. The molecule has 1 fully saturated rings. The molecular weight excluding hydrogens is 458 g/mol. The lowest BCUT2D eigenvalue weighted by Gasteiger charge is -2.39. The standard InChI is InChI=1S/C24H28ClN5O2S/c1-14-7-16(11-24(2,3)10-14)27-20(31)9-18-13-33-23-28-21-19(22(32)29(18)23)12-26-30(21)17-6-4-5-15(25)8-17/h4-6,8,12,14,16,18H,7,9-11,13H2,1-3H3,(H,27,31). The predicted octanol–water partition coefficient (Wildman–Crippen LogP) is 4.60. The summed E-state index contributed by atoms with van der Waals surface area (Å²) in [6.07, 6.45) is 5.01. The van der Waals surface area contributed by atoms with E-state index in [0.717, 1.165) is 18.5 Å². The van der Waals surface area contributed by atoms with E-state index >= 15 is 0 Å². The van der Waals surface area contributed by atoms with Crippen LogP contribution in [0.2, 0.25) is 5.02 Å². The summed E-state index contributed by atoms with van der Waals surface area (Å²) in [5, 5.41) is 9.28. The first-order valence-corrected chi connectivity index (χ1v) is 12.7. The van der Waals surface area contributed by atoms with Crippen molar-refractivity contribution in [2.75, 3.05) is 5.75 Å². The molecule has 3 atom stereocenters. The summed E-state index contributed by atoms with van der Waals surface area (Å²) in [4.78, 5) is 31.0. The lowest BCUT2D eigenvalue weighted by molar-refractivity contribution is -0.123. The number of hydrogen-bond acceptors (Lipinski definition) is 5. The Morgan fingerprint density at radius 3 is 2.91 bits per heavy atom. The van der Waals surface area contributed by atoms with Gasteiger partial charge in [0.1, 0.15) is 5.39 Å². The first-order valence-electron chi connectivity index (χ1n) is 11.4. The van der Waals surface area contributed by atoms with E-state index < -0.39 is 0 Å². The largest absolute Gasteiger partial charge is 0.353 e. The highest BCUT2D eigenvalue weighted by Crippen LogP contribution is 2.39. The SMILES string of the molecule is CC1CC(NC(=O)CC2CSc3nc4c(cnn4-c4cccc(Cl)c4)c(=O)n32)CC(C)(C)C1. The predicted molar refractivity (Wildman–Crippen MR) is 131 cm³/mol. The van der Waals surface area contributed by atoms with Gasteiger partial charge < -0.3 is 5.32 Å². The number of hydrogen-bond donors (Lipinski definition) is 1. The minimum atomic E-state index is -0.210. The van der Waals surface area contributed by atoms with Gasteiger partial charge in [0, 0.05) is 23.2 Å². The zero-order chi connectivity index (χ0) is 23.3. The third-order valence-electron chi connectivity index (χ3n) is 6.60. The zero-order valence-corrected chi connectivity index (χ0v) is 20.6. The molecule has 174 valence electrons. The van der Waals surface area contributed by atoms with Crippen molar-refractivity contribution in [1.82, 2.24) is 24.6 Å². The van der Waals surface area contributed by atoms with Gasteiger partial charge in [-0.2, -0.15) is 5.10 Å². The molecule has 0 saturated heterocycles. The molecular formula is C24H28ClN5O2S. The van der Waals surface area contributed by atoms with Gasteiger partial charge in [-0.3, -0.25) is 14.2 Å². The molecule has 3 aromatic rings. The van der Waals surface area contributed by atoms with Crippen molar-refractivity contribution in [3.05, 3.63) is 45.8 Å². The maximum absolute atomic E-state index is 13.3. The number of benzene rings is 1. The van der Waals surface area contributed by atoms with Crippen LogP contribution in [0.25, 0.3) is 16.7 Å². The lowest BCUT2D eigenvalue weighted by atomic mass is 9.70. The van der Waals surface area contributed by atoms with E-state index in [1.54, 1.807) is 27.6 Å². The molecule has 5 rings (SSSR count). The smallest absolute Gasteiger partial charge is 0.265 e. The molecule has 3 unspecified atom stereocenters. The van der Waals surface area contributed by atoms with E-state index in [0.29, 0.717) is 32.9 Å². The van der Waals surface area contributed by atoms with Gasteiger partial charge in [0.05, 0.1) is 17.9 Å². The Morgan fingerprint density at radius 1 is 1.33 bits per heavy atom. The third kappa shape index (κ3) is 4.43. The van der Waals surface area contributed by atoms with Crippen molar-refractivity contribution >= 4 is 40.3 Å². The highest BCUT2D eigenvalue weighted by Gasteiger charge is 2.34. The van der Waals surface area contributed by atoms with E-state index in [-0.39, 0.29) is 35.4 Å². The van der Waals surface area contributed by atoms with Gasteiger partial charge in [-0.1, -0.05) is 50.2 Å². The van der Waals surface area contributed by atoms with Gasteiger partial charge in [0.15, 0.2) is 10.8 Å². The van der Waals surface area contributed by atoms with Gasteiger partial charge in [-0.25, -0.2) is 9.67 Å². The second-order valence-corrected chi connectivity index (χ2v) is 11.6. The number of halogens is 1. The maximum Gasteiger partial charge on any atom is 0.265 e. The van der Waals surface area contributed by atoms with Gasteiger partial charge >= 0.3 is 0 Å². The fourth-order valence-corrected chi connectivity index (χ4v) is 6.85. The van der Waals surface area contributed by atoms with Gasteiger partial charge in [0.2, 0.25) is 5.91 Å². The summed E-state index contributed by atoms with van der Waals surface area (Å²) in [6.45, 7) is 6.79. The number of nitrogens with zero attached hydrogens (tertiary/aromatic N) is 4. The van der Waals surface area contributed by atoms with E-state index in [1.807, 2.05) is 12.1 Å². The zero-order valence-electron chi connectivity index (χ0n) is 19.0. The number of thioether (sulfide) groups is 1. The van der Waals surface area contributed by atoms with Crippen LogP contribution in [0.5, 0.6) is 0 Å². The van der Waals surface area contributed by atoms with Crippen LogP contribution in [0.3, 0.4) is 0 Å². The first-order chi connectivity index (χ1) is 15.7. The second-order valence-electron chi connectivity index (χ2n) is 10.2. The number of aromatic nitrogens is 4. The van der Waals surface area contributed by atoms with Crippen LogP contribution in [0.15, 0.2) is 40.4 Å². The van der Waals surface area contributed by atoms with Crippen molar-refractivity contribution in [2.45, 2.75) is 63.7 Å². The van der Waals surface area contributed by atoms with Crippen LogP contribution in [-0.2, 0) is 4.79 Å².